The van der Waals surface area contributed by atoms with Crippen LogP contribution in [-0.4, -0.2) is 58.1 Å². The summed E-state index contributed by atoms with van der Waals surface area (Å²) in [5.41, 5.74) is -0.314. The smallest absolute Gasteiger partial charge is 0.328 e. The molecule has 0 bridgehead atoms. The molecule has 1 saturated heterocycles. The molecule has 1 aliphatic carbocycles. The molecule has 3 rings (SSSR count). The van der Waals surface area contributed by atoms with Crippen LogP contribution in [0.25, 0.3) is 0 Å². The standard InChI is InChI=1S/C31H60N2O6Si3/c1-29(2,3)41(11,12)37-20-24-26(39-42(13,14)30(4,5)6)22(17-31(7,8)40(9,10)36)25(38-24)23-19-33(18-21-15-16-21)28(35)32-27(23)34/h19,21-22,24-26,36H,15-18,20H2,1-14H3,(H,32,34,35)/t22-,24-,25-,26?/m1/s1. The molecule has 4 atom stereocenters. The molecule has 42 heavy (non-hydrogen) atoms. The van der Waals surface area contributed by atoms with Gasteiger partial charge < -0.3 is 18.4 Å². The second-order valence-electron chi connectivity index (χ2n) is 17.3. The highest BCUT2D eigenvalue weighted by molar-refractivity contribution is 6.74. The van der Waals surface area contributed by atoms with Gasteiger partial charge >= 0.3 is 5.69 Å². The number of nitrogens with one attached hydrogen (secondary N) is 1. The van der Waals surface area contributed by atoms with E-state index in [4.69, 9.17) is 13.6 Å². The summed E-state index contributed by atoms with van der Waals surface area (Å²) >= 11 is 0. The van der Waals surface area contributed by atoms with Gasteiger partial charge in [-0.2, -0.15) is 0 Å². The van der Waals surface area contributed by atoms with E-state index in [1.807, 2.05) is 13.1 Å². The fourth-order valence-electron chi connectivity index (χ4n) is 4.95. The van der Waals surface area contributed by atoms with Crippen LogP contribution in [0.1, 0.15) is 86.3 Å². The molecule has 2 N–H and O–H groups in total. The zero-order valence-corrected chi connectivity index (χ0v) is 31.9. The third-order valence-electron chi connectivity index (χ3n) is 11.0. The van der Waals surface area contributed by atoms with Crippen LogP contribution in [0.15, 0.2) is 15.8 Å². The summed E-state index contributed by atoms with van der Waals surface area (Å²) in [4.78, 5) is 40.1. The van der Waals surface area contributed by atoms with Gasteiger partial charge in [-0.3, -0.25) is 14.3 Å². The third kappa shape index (κ3) is 7.87. The minimum Gasteiger partial charge on any atom is -0.432 e. The first-order valence-corrected chi connectivity index (χ1v) is 24.6. The molecule has 1 aromatic rings. The van der Waals surface area contributed by atoms with Gasteiger partial charge in [-0.25, -0.2) is 4.79 Å². The van der Waals surface area contributed by atoms with Crippen LogP contribution in [0.3, 0.4) is 0 Å². The van der Waals surface area contributed by atoms with E-state index in [1.54, 1.807) is 10.8 Å². The molecule has 2 fully saturated rings. The van der Waals surface area contributed by atoms with Crippen molar-refractivity contribution in [1.29, 1.82) is 0 Å². The second kappa shape index (κ2) is 11.8. The Morgan fingerprint density at radius 3 is 1.98 bits per heavy atom. The number of ether oxygens (including phenoxy) is 1. The van der Waals surface area contributed by atoms with E-state index in [9.17, 15) is 14.4 Å². The highest BCUT2D eigenvalue weighted by Crippen LogP contribution is 2.52. The first-order valence-electron chi connectivity index (χ1n) is 15.8. The normalized spacial score (nSPS) is 24.8. The maximum Gasteiger partial charge on any atom is 0.328 e. The van der Waals surface area contributed by atoms with Crippen molar-refractivity contribution < 1.29 is 18.4 Å². The first kappa shape index (κ1) is 35.6. The van der Waals surface area contributed by atoms with E-state index in [-0.39, 0.29) is 38.9 Å². The number of hydrogen-bond acceptors (Lipinski definition) is 6. The fraction of sp³-hybridized carbons (Fsp3) is 0.871. The van der Waals surface area contributed by atoms with Gasteiger partial charge in [0.15, 0.2) is 25.0 Å². The molecule has 242 valence electrons. The van der Waals surface area contributed by atoms with Crippen molar-refractivity contribution in [2.75, 3.05) is 6.61 Å². The van der Waals surface area contributed by atoms with E-state index in [0.717, 1.165) is 12.8 Å². The Morgan fingerprint density at radius 1 is 0.952 bits per heavy atom. The quantitative estimate of drug-likeness (QED) is 0.259. The van der Waals surface area contributed by atoms with Gasteiger partial charge in [0.25, 0.3) is 5.56 Å². The van der Waals surface area contributed by atoms with Crippen LogP contribution in [0, 0.1) is 11.8 Å². The third-order valence-corrected chi connectivity index (χ3v) is 23.5. The number of aromatic amines is 1. The second-order valence-corrected chi connectivity index (χ2v) is 31.3. The zero-order chi connectivity index (χ0) is 32.3. The molecule has 0 amide bonds. The Bertz CT molecular complexity index is 1220. The molecule has 1 unspecified atom stereocenters. The minimum atomic E-state index is -2.62. The number of H-pyrrole nitrogens is 1. The van der Waals surface area contributed by atoms with E-state index in [2.05, 4.69) is 86.6 Å². The van der Waals surface area contributed by atoms with Crippen LogP contribution < -0.4 is 11.2 Å². The summed E-state index contributed by atoms with van der Waals surface area (Å²) in [6.45, 7) is 31.5. The van der Waals surface area contributed by atoms with Gasteiger partial charge in [0.05, 0.1) is 24.4 Å². The summed E-state index contributed by atoms with van der Waals surface area (Å²) in [5.74, 6) is 0.274. The maximum atomic E-state index is 13.4. The van der Waals surface area contributed by atoms with E-state index < -0.39 is 36.6 Å². The van der Waals surface area contributed by atoms with Gasteiger partial charge in [-0.05, 0) is 79.6 Å². The van der Waals surface area contributed by atoms with Crippen molar-refractivity contribution in [2.24, 2.45) is 11.8 Å². The predicted molar refractivity (Wildman–Crippen MR) is 179 cm³/mol. The largest absolute Gasteiger partial charge is 0.432 e. The van der Waals surface area contributed by atoms with E-state index in [0.29, 0.717) is 31.1 Å². The summed E-state index contributed by atoms with van der Waals surface area (Å²) in [6, 6.07) is 0. The van der Waals surface area contributed by atoms with Gasteiger partial charge in [-0.1, -0.05) is 55.4 Å². The summed E-state index contributed by atoms with van der Waals surface area (Å²) in [7, 11) is -7.00. The lowest BCUT2D eigenvalue weighted by molar-refractivity contribution is -0.0173. The topological polar surface area (TPSA) is 103 Å². The lowest BCUT2D eigenvalue weighted by atomic mass is 9.85. The first-order chi connectivity index (χ1) is 18.8. The molecule has 0 spiro atoms. The van der Waals surface area contributed by atoms with Crippen molar-refractivity contribution in [3.63, 3.8) is 0 Å². The molecular formula is C31H60N2O6Si3. The number of nitrogens with zero attached hydrogens (tertiary/aromatic N) is 1. The van der Waals surface area contributed by atoms with Crippen LogP contribution in [0.4, 0.5) is 0 Å². The van der Waals surface area contributed by atoms with Crippen molar-refractivity contribution in [2.45, 2.75) is 154 Å². The Balaban J connectivity index is 2.15. The molecule has 0 radical (unpaired) electrons. The number of hydrogen-bond donors (Lipinski definition) is 2. The molecule has 11 heteroatoms. The Hall–Kier alpha value is -0.829. The lowest BCUT2D eigenvalue weighted by Gasteiger charge is -2.44. The highest BCUT2D eigenvalue weighted by Gasteiger charge is 2.54. The monoisotopic (exact) mass is 640 g/mol. The van der Waals surface area contributed by atoms with E-state index >= 15 is 0 Å². The average Bonchev–Trinajstić information content (AvgIpc) is 3.55. The van der Waals surface area contributed by atoms with Crippen molar-refractivity contribution in [1.82, 2.24) is 9.55 Å². The van der Waals surface area contributed by atoms with Gasteiger partial charge in [0.2, 0.25) is 0 Å². The van der Waals surface area contributed by atoms with Gasteiger partial charge in [0.1, 0.15) is 6.10 Å². The van der Waals surface area contributed by atoms with Crippen LogP contribution in [-0.2, 0) is 20.1 Å². The molecule has 8 nitrogen and oxygen atoms in total. The van der Waals surface area contributed by atoms with Crippen LogP contribution >= 0.6 is 0 Å². The number of rotatable bonds is 11. The van der Waals surface area contributed by atoms with Crippen LogP contribution in [0.5, 0.6) is 0 Å². The predicted octanol–water partition coefficient (Wildman–Crippen LogP) is 6.78. The highest BCUT2D eigenvalue weighted by atomic mass is 28.4. The van der Waals surface area contributed by atoms with Crippen molar-refractivity contribution >= 4 is 25.0 Å². The molecule has 1 saturated carbocycles. The summed E-state index contributed by atoms with van der Waals surface area (Å²) in [6.07, 6.45) is 3.27. The molecular weight excluding hydrogens is 581 g/mol. The Kier molecular flexibility index (Phi) is 10.0. The average molecular weight is 641 g/mol. The summed E-state index contributed by atoms with van der Waals surface area (Å²) < 4.78 is 22.5. The molecule has 2 aliphatic rings. The molecule has 1 aromatic heterocycles. The van der Waals surface area contributed by atoms with Crippen molar-refractivity contribution in [3.8, 4) is 0 Å². The fourth-order valence-corrected chi connectivity index (χ4v) is 8.06. The molecule has 0 aromatic carbocycles. The van der Waals surface area contributed by atoms with Crippen LogP contribution in [0.2, 0.25) is 54.4 Å². The van der Waals surface area contributed by atoms with Gasteiger partial charge in [-0.15, -0.1) is 0 Å². The summed E-state index contributed by atoms with van der Waals surface area (Å²) in [5, 5.41) is -0.376. The number of aromatic nitrogens is 2. The minimum absolute atomic E-state index is 0.0318. The zero-order valence-electron chi connectivity index (χ0n) is 28.9. The Morgan fingerprint density at radius 2 is 1.50 bits per heavy atom. The SMILES string of the molecule is CC(C)(C[C@H]1C(O[Si](C)(C)C(C)(C)C)[C@@H](CO[Si](C)(C)C(C)(C)C)O[C@H]1c1cn(CC2CC2)c(=O)[nH]c1=O)[Si](C)(C)O. The molecule has 1 aliphatic heterocycles. The van der Waals surface area contributed by atoms with Crippen molar-refractivity contribution in [3.05, 3.63) is 32.6 Å². The van der Waals surface area contributed by atoms with E-state index in [1.165, 1.54) is 0 Å². The Labute approximate surface area is 257 Å². The lowest BCUT2D eigenvalue weighted by Crippen LogP contribution is -2.51. The molecule has 2 heterocycles. The maximum absolute atomic E-state index is 13.4. The van der Waals surface area contributed by atoms with Gasteiger partial charge in [0, 0.05) is 18.7 Å².